The van der Waals surface area contributed by atoms with E-state index in [1.807, 2.05) is 0 Å². The molecule has 0 saturated carbocycles. The molecule has 5 N–H and O–H groups in total. The first kappa shape index (κ1) is 18.7. The van der Waals surface area contributed by atoms with Crippen molar-refractivity contribution in [2.45, 2.75) is 40.0 Å². The van der Waals surface area contributed by atoms with Crippen LogP contribution in [0, 0.1) is 12.3 Å². The van der Waals surface area contributed by atoms with Crippen molar-refractivity contribution in [3.05, 3.63) is 57.9 Å². The molecule has 0 aliphatic rings. The predicted octanol–water partition coefficient (Wildman–Crippen LogP) is 3.65. The van der Waals surface area contributed by atoms with Crippen LogP contribution in [0.1, 0.15) is 49.8 Å². The molecule has 1 aromatic carbocycles. The summed E-state index contributed by atoms with van der Waals surface area (Å²) in [7, 11) is 1.77. The van der Waals surface area contributed by atoms with E-state index in [4.69, 9.17) is 16.9 Å². The normalized spacial score (nSPS) is 14.0. The maximum atomic E-state index is 7.53. The third kappa shape index (κ3) is 4.55. The third-order valence-corrected chi connectivity index (χ3v) is 3.87. The first-order valence-corrected chi connectivity index (χ1v) is 7.80. The molecule has 1 rings (SSSR count). The van der Waals surface area contributed by atoms with Crippen molar-refractivity contribution >= 4 is 11.9 Å². The summed E-state index contributed by atoms with van der Waals surface area (Å²) in [5.74, 6) is 0.384. The molecule has 0 aromatic heterocycles. The SMILES string of the molecule is CN=C(C(=CN)C/C(C=N)=C(\C)N)c1ccc(C)cc1C(C)C. The van der Waals surface area contributed by atoms with Crippen LogP contribution < -0.4 is 11.5 Å². The molecule has 0 amide bonds. The molecular formula is C19H28N4. The molecule has 0 radical (unpaired) electrons. The number of benzene rings is 1. The Hall–Kier alpha value is -2.36. The second-order valence-electron chi connectivity index (χ2n) is 6.04. The number of allylic oxidation sites excluding steroid dienone is 3. The van der Waals surface area contributed by atoms with E-state index in [1.54, 1.807) is 20.2 Å². The van der Waals surface area contributed by atoms with Gasteiger partial charge in [0.15, 0.2) is 0 Å². The highest BCUT2D eigenvalue weighted by Crippen LogP contribution is 2.26. The molecule has 23 heavy (non-hydrogen) atoms. The van der Waals surface area contributed by atoms with Gasteiger partial charge in [0.25, 0.3) is 0 Å². The third-order valence-electron chi connectivity index (χ3n) is 3.87. The van der Waals surface area contributed by atoms with Gasteiger partial charge in [-0.15, -0.1) is 0 Å². The van der Waals surface area contributed by atoms with Gasteiger partial charge in [0.1, 0.15) is 0 Å². The lowest BCUT2D eigenvalue weighted by Gasteiger charge is -2.18. The first-order valence-electron chi connectivity index (χ1n) is 7.80. The molecule has 0 atom stereocenters. The summed E-state index contributed by atoms with van der Waals surface area (Å²) in [5, 5.41) is 7.53. The highest BCUT2D eigenvalue weighted by Gasteiger charge is 2.16. The van der Waals surface area contributed by atoms with Gasteiger partial charge in [0.2, 0.25) is 0 Å². The number of hydrogen-bond acceptors (Lipinski definition) is 4. The van der Waals surface area contributed by atoms with Crippen LogP contribution >= 0.6 is 0 Å². The van der Waals surface area contributed by atoms with Crippen LogP contribution in [0.4, 0.5) is 0 Å². The van der Waals surface area contributed by atoms with Gasteiger partial charge in [-0.2, -0.15) is 0 Å². The maximum Gasteiger partial charge on any atom is 0.0695 e. The molecule has 124 valence electrons. The van der Waals surface area contributed by atoms with Crippen molar-refractivity contribution in [3.8, 4) is 0 Å². The summed E-state index contributed by atoms with van der Waals surface area (Å²) >= 11 is 0. The van der Waals surface area contributed by atoms with Crippen LogP contribution in [-0.2, 0) is 0 Å². The molecule has 0 saturated heterocycles. The summed E-state index contributed by atoms with van der Waals surface area (Å²) in [6.07, 6.45) is 3.35. The van der Waals surface area contributed by atoms with Gasteiger partial charge >= 0.3 is 0 Å². The molecule has 0 aliphatic heterocycles. The van der Waals surface area contributed by atoms with E-state index in [0.29, 0.717) is 18.0 Å². The smallest absolute Gasteiger partial charge is 0.0695 e. The number of nitrogens with two attached hydrogens (primary N) is 2. The Morgan fingerprint density at radius 2 is 2.00 bits per heavy atom. The van der Waals surface area contributed by atoms with Gasteiger partial charge in [-0.25, -0.2) is 0 Å². The van der Waals surface area contributed by atoms with E-state index in [-0.39, 0.29) is 0 Å². The molecule has 0 aliphatic carbocycles. The van der Waals surface area contributed by atoms with Gasteiger partial charge in [-0.3, -0.25) is 4.99 Å². The van der Waals surface area contributed by atoms with E-state index in [1.165, 1.54) is 17.3 Å². The zero-order valence-electron chi connectivity index (χ0n) is 14.8. The molecule has 0 heterocycles. The van der Waals surface area contributed by atoms with Crippen LogP contribution in [0.5, 0.6) is 0 Å². The topological polar surface area (TPSA) is 88.2 Å². The Kier molecular flexibility index (Phi) is 6.76. The molecule has 4 heteroatoms. The van der Waals surface area contributed by atoms with Gasteiger partial charge < -0.3 is 16.9 Å². The summed E-state index contributed by atoms with van der Waals surface area (Å²) in [4.78, 5) is 4.48. The monoisotopic (exact) mass is 312 g/mol. The molecule has 1 aromatic rings. The van der Waals surface area contributed by atoms with Gasteiger partial charge in [0, 0.05) is 30.9 Å². The highest BCUT2D eigenvalue weighted by molar-refractivity contribution is 6.14. The van der Waals surface area contributed by atoms with E-state index < -0.39 is 0 Å². The van der Waals surface area contributed by atoms with Crippen LogP contribution in [0.25, 0.3) is 0 Å². The maximum absolute atomic E-state index is 7.53. The van der Waals surface area contributed by atoms with Crippen molar-refractivity contribution in [1.82, 2.24) is 0 Å². The number of hydrogen-bond donors (Lipinski definition) is 3. The Morgan fingerprint density at radius 3 is 2.43 bits per heavy atom. The second kappa shape index (κ2) is 8.32. The molecule has 0 fully saturated rings. The minimum Gasteiger partial charge on any atom is -0.404 e. The quantitative estimate of drug-likeness (QED) is 0.700. The molecule has 0 spiro atoms. The highest BCUT2D eigenvalue weighted by atomic mass is 14.7. The summed E-state index contributed by atoms with van der Waals surface area (Å²) < 4.78 is 0. The summed E-state index contributed by atoms with van der Waals surface area (Å²) in [6, 6.07) is 6.38. The van der Waals surface area contributed by atoms with Gasteiger partial charge in [0.05, 0.1) is 5.71 Å². The van der Waals surface area contributed by atoms with Crippen LogP contribution in [-0.4, -0.2) is 19.0 Å². The minimum absolute atomic E-state index is 0.384. The fourth-order valence-electron chi connectivity index (χ4n) is 2.54. The Balaban J connectivity index is 3.39. The number of nitrogens with one attached hydrogen (secondary N) is 1. The first-order chi connectivity index (χ1) is 10.8. The van der Waals surface area contributed by atoms with E-state index in [0.717, 1.165) is 22.4 Å². The zero-order valence-corrected chi connectivity index (χ0v) is 14.8. The molecule has 0 unspecified atom stereocenters. The van der Waals surface area contributed by atoms with E-state index in [9.17, 15) is 0 Å². The lowest BCUT2D eigenvalue weighted by Crippen LogP contribution is -2.13. The Labute approximate surface area is 139 Å². The lowest BCUT2D eigenvalue weighted by molar-refractivity contribution is 0.861. The van der Waals surface area contributed by atoms with Gasteiger partial charge in [-0.1, -0.05) is 37.6 Å². The minimum atomic E-state index is 0.384. The number of rotatable bonds is 6. The predicted molar refractivity (Wildman–Crippen MR) is 100 cm³/mol. The Bertz CT molecular complexity index is 660. The van der Waals surface area contributed by atoms with Crippen molar-refractivity contribution in [1.29, 1.82) is 5.41 Å². The van der Waals surface area contributed by atoms with E-state index in [2.05, 4.69) is 44.0 Å². The average molecular weight is 312 g/mol. The summed E-state index contributed by atoms with van der Waals surface area (Å²) in [6.45, 7) is 8.23. The van der Waals surface area contributed by atoms with Crippen molar-refractivity contribution in [3.63, 3.8) is 0 Å². The van der Waals surface area contributed by atoms with E-state index >= 15 is 0 Å². The second-order valence-corrected chi connectivity index (χ2v) is 6.04. The van der Waals surface area contributed by atoms with Crippen molar-refractivity contribution in [2.24, 2.45) is 16.5 Å². The van der Waals surface area contributed by atoms with Crippen LogP contribution in [0.3, 0.4) is 0 Å². The lowest BCUT2D eigenvalue weighted by atomic mass is 9.88. The van der Waals surface area contributed by atoms with Crippen molar-refractivity contribution in [2.75, 3.05) is 7.05 Å². The standard InChI is InChI=1S/C19H28N4/c1-12(2)18-8-13(3)6-7-17(18)19(23-5)16(11-21)9-15(10-20)14(4)22/h6-8,10-12,20H,9,21-22H2,1-5H3/b15-14-,16-11?,20-10?,23-19?. The molecule has 0 bridgehead atoms. The van der Waals surface area contributed by atoms with Crippen molar-refractivity contribution < 1.29 is 0 Å². The fraction of sp³-hybridized carbons (Fsp3) is 0.368. The average Bonchev–Trinajstić information content (AvgIpc) is 2.51. The fourth-order valence-corrected chi connectivity index (χ4v) is 2.54. The molecular weight excluding hydrogens is 284 g/mol. The number of aliphatic imine (C=N–C) groups is 1. The Morgan fingerprint density at radius 1 is 1.35 bits per heavy atom. The van der Waals surface area contributed by atoms with Crippen LogP contribution in [0.2, 0.25) is 0 Å². The largest absolute Gasteiger partial charge is 0.404 e. The number of nitrogens with zero attached hydrogens (tertiary/aromatic N) is 1. The van der Waals surface area contributed by atoms with Gasteiger partial charge in [-0.05, 0) is 42.7 Å². The number of aryl methyl sites for hydroxylation is 1. The summed E-state index contributed by atoms with van der Waals surface area (Å²) in [5.41, 5.74) is 18.4. The zero-order chi connectivity index (χ0) is 17.6. The van der Waals surface area contributed by atoms with Crippen LogP contribution in [0.15, 0.2) is 46.2 Å². The molecule has 4 nitrogen and oxygen atoms in total.